The van der Waals surface area contributed by atoms with Crippen molar-refractivity contribution in [2.45, 2.75) is 25.3 Å². The minimum atomic E-state index is -3.84. The molecule has 0 unspecified atom stereocenters. The smallest absolute Gasteiger partial charge is 0.286 e. The van der Waals surface area contributed by atoms with Crippen molar-refractivity contribution >= 4 is 44.2 Å². The highest BCUT2D eigenvalue weighted by Crippen LogP contribution is 2.35. The second-order valence-electron chi connectivity index (χ2n) is 7.60. The van der Waals surface area contributed by atoms with Gasteiger partial charge in [-0.05, 0) is 54.8 Å². The second kappa shape index (κ2) is 9.18. The van der Waals surface area contributed by atoms with Gasteiger partial charge < -0.3 is 10.2 Å². The summed E-state index contributed by atoms with van der Waals surface area (Å²) in [5.74, 6) is -0.187. The van der Waals surface area contributed by atoms with E-state index in [9.17, 15) is 13.2 Å². The zero-order chi connectivity index (χ0) is 22.7. The third-order valence-corrected chi connectivity index (χ3v) is 7.29. The fourth-order valence-electron chi connectivity index (χ4n) is 3.60. The first-order valence-electron chi connectivity index (χ1n) is 10.1. The molecule has 3 aromatic rings. The third-order valence-electron chi connectivity index (χ3n) is 4.88. The largest absolute Gasteiger partial charge is 0.325 e. The van der Waals surface area contributed by atoms with Crippen LogP contribution in [0.1, 0.15) is 16.7 Å². The molecule has 6 nitrogen and oxygen atoms in total. The maximum absolute atomic E-state index is 12.8. The maximum Gasteiger partial charge on any atom is 0.286 e. The summed E-state index contributed by atoms with van der Waals surface area (Å²) in [6, 6.07) is 22.4. The number of aryl methyl sites for hydroxylation is 2. The molecule has 1 N–H and O–H groups in total. The van der Waals surface area contributed by atoms with Crippen molar-refractivity contribution in [2.24, 2.45) is 4.40 Å². The number of carbonyl (C=O) groups excluding carboxylic acids is 1. The van der Waals surface area contributed by atoms with Gasteiger partial charge in [0.1, 0.15) is 4.90 Å². The summed E-state index contributed by atoms with van der Waals surface area (Å²) in [7, 11) is -3.84. The molecule has 1 aliphatic rings. The van der Waals surface area contributed by atoms with Crippen LogP contribution in [-0.4, -0.2) is 25.2 Å². The van der Waals surface area contributed by atoms with Gasteiger partial charge in [0, 0.05) is 5.69 Å². The first kappa shape index (κ1) is 22.1. The quantitative estimate of drug-likeness (QED) is 0.589. The molecule has 0 fully saturated rings. The maximum atomic E-state index is 12.8. The monoisotopic (exact) mass is 465 g/mol. The Kier molecular flexibility index (Phi) is 6.34. The van der Waals surface area contributed by atoms with Crippen molar-refractivity contribution in [1.82, 2.24) is 0 Å². The van der Waals surface area contributed by atoms with E-state index in [4.69, 9.17) is 0 Å². The van der Waals surface area contributed by atoms with Gasteiger partial charge in [-0.25, -0.2) is 0 Å². The van der Waals surface area contributed by atoms with E-state index in [2.05, 4.69) is 9.71 Å². The summed E-state index contributed by atoms with van der Waals surface area (Å²) in [5.41, 5.74) is 4.40. The van der Waals surface area contributed by atoms with Gasteiger partial charge in [-0.15, -0.1) is 4.40 Å². The van der Waals surface area contributed by atoms with E-state index in [1.54, 1.807) is 24.3 Å². The number of nitrogens with zero attached hydrogens (tertiary/aromatic N) is 2. The predicted molar refractivity (Wildman–Crippen MR) is 131 cm³/mol. The molecule has 0 aliphatic carbocycles. The first-order chi connectivity index (χ1) is 15.3. The van der Waals surface area contributed by atoms with E-state index in [1.165, 1.54) is 0 Å². The van der Waals surface area contributed by atoms with Gasteiger partial charge in [-0.1, -0.05) is 60.3 Å². The minimum Gasteiger partial charge on any atom is -0.325 e. The van der Waals surface area contributed by atoms with Crippen LogP contribution in [0.3, 0.4) is 0 Å². The van der Waals surface area contributed by atoms with Gasteiger partial charge in [0.25, 0.3) is 10.0 Å². The number of amides is 1. The van der Waals surface area contributed by atoms with E-state index in [0.717, 1.165) is 34.1 Å². The summed E-state index contributed by atoms with van der Waals surface area (Å²) < 4.78 is 29.6. The minimum absolute atomic E-state index is 0.0365. The van der Waals surface area contributed by atoms with Crippen LogP contribution in [0.5, 0.6) is 0 Å². The summed E-state index contributed by atoms with van der Waals surface area (Å²) in [5, 5.41) is 3.17. The van der Waals surface area contributed by atoms with E-state index >= 15 is 0 Å². The Morgan fingerprint density at radius 3 is 2.34 bits per heavy atom. The SMILES string of the molecule is Cc1cc(C)cc(NC(=O)CSC2=NS(=O)(=O)c3ccccc3N2Cc2ccccc2)c1. The molecular weight excluding hydrogens is 442 g/mol. The van der Waals surface area contributed by atoms with Crippen molar-refractivity contribution < 1.29 is 13.2 Å². The first-order valence-corrected chi connectivity index (χ1v) is 12.5. The van der Waals surface area contributed by atoms with E-state index in [0.29, 0.717) is 12.2 Å². The van der Waals surface area contributed by atoms with Gasteiger partial charge in [-0.2, -0.15) is 8.42 Å². The number of hydrogen-bond donors (Lipinski definition) is 1. The molecule has 32 heavy (non-hydrogen) atoms. The zero-order valence-corrected chi connectivity index (χ0v) is 19.4. The van der Waals surface area contributed by atoms with Crippen molar-refractivity contribution in [2.75, 3.05) is 16.0 Å². The van der Waals surface area contributed by atoms with Crippen LogP contribution in [0.15, 0.2) is 82.1 Å². The van der Waals surface area contributed by atoms with Crippen LogP contribution >= 0.6 is 11.8 Å². The van der Waals surface area contributed by atoms with Crippen molar-refractivity contribution in [1.29, 1.82) is 0 Å². The molecule has 0 saturated heterocycles. The Labute approximate surface area is 192 Å². The van der Waals surface area contributed by atoms with Crippen LogP contribution in [0.25, 0.3) is 0 Å². The van der Waals surface area contributed by atoms with Gasteiger partial charge in [0.15, 0.2) is 5.17 Å². The van der Waals surface area contributed by atoms with Gasteiger partial charge in [-0.3, -0.25) is 4.79 Å². The Hall–Kier alpha value is -3.10. The predicted octanol–water partition coefficient (Wildman–Crippen LogP) is 4.74. The number of hydrogen-bond acceptors (Lipinski definition) is 5. The number of nitrogens with one attached hydrogen (secondary N) is 1. The topological polar surface area (TPSA) is 78.8 Å². The molecule has 0 radical (unpaired) electrons. The Morgan fingerprint density at radius 2 is 1.62 bits per heavy atom. The van der Waals surface area contributed by atoms with Gasteiger partial charge >= 0.3 is 0 Å². The molecular formula is C24H23N3O3S2. The molecule has 4 rings (SSSR count). The lowest BCUT2D eigenvalue weighted by Crippen LogP contribution is -2.34. The number of amidine groups is 1. The summed E-state index contributed by atoms with van der Waals surface area (Å²) in [4.78, 5) is 14.6. The number of fused-ring (bicyclic) bond motifs is 1. The molecule has 3 aromatic carbocycles. The fraction of sp³-hybridized carbons (Fsp3) is 0.167. The Morgan fingerprint density at radius 1 is 0.969 bits per heavy atom. The zero-order valence-electron chi connectivity index (χ0n) is 17.8. The highest BCUT2D eigenvalue weighted by Gasteiger charge is 2.31. The number of para-hydroxylation sites is 1. The Balaban J connectivity index is 1.57. The molecule has 0 saturated carbocycles. The summed E-state index contributed by atoms with van der Waals surface area (Å²) in [6.45, 7) is 4.38. The molecule has 1 amide bonds. The molecule has 8 heteroatoms. The summed E-state index contributed by atoms with van der Waals surface area (Å²) >= 11 is 1.11. The lowest BCUT2D eigenvalue weighted by atomic mass is 10.1. The lowest BCUT2D eigenvalue weighted by molar-refractivity contribution is -0.113. The highest BCUT2D eigenvalue weighted by atomic mass is 32.2. The van der Waals surface area contributed by atoms with Gasteiger partial charge in [0.05, 0.1) is 18.0 Å². The second-order valence-corrected chi connectivity index (χ2v) is 10.1. The molecule has 164 valence electrons. The average molecular weight is 466 g/mol. The van der Waals surface area contributed by atoms with Crippen LogP contribution < -0.4 is 10.2 Å². The normalized spacial score (nSPS) is 14.4. The molecule has 0 spiro atoms. The molecule has 0 bridgehead atoms. The molecule has 1 aliphatic heterocycles. The van der Waals surface area contributed by atoms with Crippen LogP contribution in [-0.2, 0) is 21.4 Å². The number of benzene rings is 3. The number of thioether (sulfide) groups is 1. The number of sulfonamides is 1. The molecule has 0 aromatic heterocycles. The summed E-state index contributed by atoms with van der Waals surface area (Å²) in [6.07, 6.45) is 0. The lowest BCUT2D eigenvalue weighted by Gasteiger charge is -2.30. The molecule has 1 heterocycles. The van der Waals surface area contributed by atoms with Crippen molar-refractivity contribution in [3.63, 3.8) is 0 Å². The van der Waals surface area contributed by atoms with E-state index in [1.807, 2.05) is 67.3 Å². The van der Waals surface area contributed by atoms with Crippen LogP contribution in [0, 0.1) is 13.8 Å². The van der Waals surface area contributed by atoms with E-state index in [-0.39, 0.29) is 21.7 Å². The molecule has 0 atom stereocenters. The highest BCUT2D eigenvalue weighted by molar-refractivity contribution is 8.15. The number of carbonyl (C=O) groups is 1. The van der Waals surface area contributed by atoms with Crippen molar-refractivity contribution in [3.8, 4) is 0 Å². The van der Waals surface area contributed by atoms with E-state index < -0.39 is 10.0 Å². The standard InChI is InChI=1S/C24H23N3O3S2/c1-17-12-18(2)14-20(13-17)25-23(28)16-31-24-26-32(29,30)22-11-7-6-10-21(22)27(24)15-19-8-4-3-5-9-19/h3-14H,15-16H2,1-2H3,(H,25,28). The van der Waals surface area contributed by atoms with Crippen LogP contribution in [0.4, 0.5) is 11.4 Å². The fourth-order valence-corrected chi connectivity index (χ4v) is 5.85. The Bertz CT molecular complexity index is 1270. The van der Waals surface area contributed by atoms with Gasteiger partial charge in [0.2, 0.25) is 5.91 Å². The number of anilines is 2. The average Bonchev–Trinajstić information content (AvgIpc) is 2.74. The van der Waals surface area contributed by atoms with Crippen LogP contribution in [0.2, 0.25) is 0 Å². The van der Waals surface area contributed by atoms with Crippen molar-refractivity contribution in [3.05, 3.63) is 89.5 Å². The number of rotatable bonds is 5. The third kappa shape index (κ3) is 5.03.